The highest BCUT2D eigenvalue weighted by Crippen LogP contribution is 2.14. The Morgan fingerprint density at radius 1 is 1.42 bits per heavy atom. The maximum atomic E-state index is 11.4. The number of carbonyl (C=O) groups is 1. The summed E-state index contributed by atoms with van der Waals surface area (Å²) < 4.78 is 5.09. The molecule has 1 aromatic carbocycles. The van der Waals surface area contributed by atoms with E-state index < -0.39 is 11.7 Å². The molecule has 0 heterocycles. The summed E-state index contributed by atoms with van der Waals surface area (Å²) in [7, 11) is 0. The van der Waals surface area contributed by atoms with E-state index in [9.17, 15) is 4.79 Å². The van der Waals surface area contributed by atoms with E-state index in [-0.39, 0.29) is 6.54 Å². The quantitative estimate of drug-likeness (QED) is 0.602. The Hall–Kier alpha value is -2.15. The van der Waals surface area contributed by atoms with E-state index in [0.29, 0.717) is 5.69 Å². The Balaban J connectivity index is 2.53. The molecule has 102 valence electrons. The van der Waals surface area contributed by atoms with Gasteiger partial charge in [-0.25, -0.2) is 4.79 Å². The number of rotatable bonds is 1. The second-order valence-corrected chi connectivity index (χ2v) is 5.19. The van der Waals surface area contributed by atoms with Crippen molar-refractivity contribution in [1.29, 1.82) is 0 Å². The van der Waals surface area contributed by atoms with Gasteiger partial charge in [-0.2, -0.15) is 0 Å². The van der Waals surface area contributed by atoms with Crippen LogP contribution in [0, 0.1) is 18.8 Å². The van der Waals surface area contributed by atoms with Crippen LogP contribution in [0.4, 0.5) is 10.5 Å². The number of nitrogen functional groups attached to an aromatic ring is 1. The number of carbonyl (C=O) groups excluding carboxylic acids is 1. The SMILES string of the molecule is Cc1cccc(C#CCNC(=O)OC(C)(C)C)c1N. The molecule has 0 fully saturated rings. The number of aryl methyl sites for hydroxylation is 1. The third kappa shape index (κ3) is 5.35. The number of anilines is 1. The standard InChI is InChI=1S/C15H20N2O2/c1-11-7-5-8-12(13(11)16)9-6-10-17-14(18)19-15(2,3)4/h5,7-8H,10,16H2,1-4H3,(H,17,18). The number of amides is 1. The van der Waals surface area contributed by atoms with Crippen LogP contribution in [-0.2, 0) is 4.74 Å². The van der Waals surface area contributed by atoms with Gasteiger partial charge in [0, 0.05) is 5.56 Å². The summed E-state index contributed by atoms with van der Waals surface area (Å²) in [4.78, 5) is 11.4. The second kappa shape index (κ2) is 6.14. The summed E-state index contributed by atoms with van der Waals surface area (Å²) in [5, 5.41) is 2.57. The highest BCUT2D eigenvalue weighted by atomic mass is 16.6. The number of nitrogens with one attached hydrogen (secondary N) is 1. The highest BCUT2D eigenvalue weighted by molar-refractivity contribution is 5.68. The summed E-state index contributed by atoms with van der Waals surface area (Å²) in [6, 6.07) is 5.68. The van der Waals surface area contributed by atoms with Crippen molar-refractivity contribution in [1.82, 2.24) is 5.32 Å². The van der Waals surface area contributed by atoms with Crippen LogP contribution in [0.3, 0.4) is 0 Å². The first-order valence-corrected chi connectivity index (χ1v) is 6.10. The average molecular weight is 260 g/mol. The first-order valence-electron chi connectivity index (χ1n) is 6.10. The molecule has 1 amide bonds. The van der Waals surface area contributed by atoms with E-state index in [1.54, 1.807) is 0 Å². The Labute approximate surface area is 114 Å². The smallest absolute Gasteiger partial charge is 0.408 e. The van der Waals surface area contributed by atoms with Crippen LogP contribution in [0.5, 0.6) is 0 Å². The molecular weight excluding hydrogens is 240 g/mol. The summed E-state index contributed by atoms with van der Waals surface area (Å²) >= 11 is 0. The lowest BCUT2D eigenvalue weighted by Gasteiger charge is -2.19. The number of ether oxygens (including phenoxy) is 1. The fourth-order valence-electron chi connectivity index (χ4n) is 1.36. The molecule has 0 radical (unpaired) electrons. The zero-order chi connectivity index (χ0) is 14.5. The van der Waals surface area contributed by atoms with Crippen molar-refractivity contribution in [3.8, 4) is 11.8 Å². The molecule has 0 aliphatic carbocycles. The zero-order valence-corrected chi connectivity index (χ0v) is 11.8. The van der Waals surface area contributed by atoms with Crippen LogP contribution in [0.1, 0.15) is 31.9 Å². The number of hydrogen-bond acceptors (Lipinski definition) is 3. The maximum Gasteiger partial charge on any atom is 0.408 e. The lowest BCUT2D eigenvalue weighted by molar-refractivity contribution is 0.0535. The van der Waals surface area contributed by atoms with Crippen molar-refractivity contribution in [3.05, 3.63) is 29.3 Å². The van der Waals surface area contributed by atoms with Crippen molar-refractivity contribution in [2.45, 2.75) is 33.3 Å². The normalized spacial score (nSPS) is 10.3. The average Bonchev–Trinajstić information content (AvgIpc) is 2.27. The van der Waals surface area contributed by atoms with Crippen molar-refractivity contribution in [2.75, 3.05) is 12.3 Å². The molecular formula is C15H20N2O2. The van der Waals surface area contributed by atoms with E-state index in [0.717, 1.165) is 11.1 Å². The van der Waals surface area contributed by atoms with Gasteiger partial charge < -0.3 is 15.8 Å². The molecule has 0 bridgehead atoms. The number of nitrogens with two attached hydrogens (primary N) is 1. The fourth-order valence-corrected chi connectivity index (χ4v) is 1.36. The van der Waals surface area contributed by atoms with Crippen molar-refractivity contribution in [3.63, 3.8) is 0 Å². The molecule has 0 aliphatic heterocycles. The molecule has 4 heteroatoms. The molecule has 0 aromatic heterocycles. The van der Waals surface area contributed by atoms with Gasteiger partial charge in [0.15, 0.2) is 0 Å². The Kier molecular flexibility index (Phi) is 4.82. The zero-order valence-electron chi connectivity index (χ0n) is 11.8. The third-order valence-corrected chi connectivity index (χ3v) is 2.27. The van der Waals surface area contributed by atoms with Crippen molar-refractivity contribution >= 4 is 11.8 Å². The molecule has 1 aromatic rings. The summed E-state index contributed by atoms with van der Waals surface area (Å²) in [5.41, 5.74) is 7.83. The lowest BCUT2D eigenvalue weighted by Crippen LogP contribution is -2.32. The number of alkyl carbamates (subject to hydrolysis) is 1. The largest absolute Gasteiger partial charge is 0.444 e. The van der Waals surface area contributed by atoms with Gasteiger partial charge in [0.2, 0.25) is 0 Å². The van der Waals surface area contributed by atoms with Crippen LogP contribution < -0.4 is 11.1 Å². The highest BCUT2D eigenvalue weighted by Gasteiger charge is 2.14. The van der Waals surface area contributed by atoms with E-state index >= 15 is 0 Å². The van der Waals surface area contributed by atoms with Crippen molar-refractivity contribution < 1.29 is 9.53 Å². The summed E-state index contributed by atoms with van der Waals surface area (Å²) in [6.45, 7) is 7.59. The first kappa shape index (κ1) is 14.9. The van der Waals surface area contributed by atoms with E-state index in [2.05, 4.69) is 17.2 Å². The van der Waals surface area contributed by atoms with E-state index in [1.807, 2.05) is 45.9 Å². The van der Waals surface area contributed by atoms with Crippen LogP contribution in [0.15, 0.2) is 18.2 Å². The topological polar surface area (TPSA) is 64.3 Å². The first-order chi connectivity index (χ1) is 8.79. The minimum Gasteiger partial charge on any atom is -0.444 e. The Bertz CT molecular complexity index is 519. The van der Waals surface area contributed by atoms with E-state index in [4.69, 9.17) is 10.5 Å². The molecule has 0 saturated carbocycles. The predicted octanol–water partition coefficient (Wildman–Crippen LogP) is 2.45. The minimum atomic E-state index is -0.502. The Morgan fingerprint density at radius 2 is 2.11 bits per heavy atom. The van der Waals surface area contributed by atoms with Gasteiger partial charge in [-0.15, -0.1) is 0 Å². The molecule has 1 rings (SSSR count). The number of para-hydroxylation sites is 1. The fraction of sp³-hybridized carbons (Fsp3) is 0.400. The van der Waals surface area contributed by atoms with Gasteiger partial charge in [-0.3, -0.25) is 0 Å². The van der Waals surface area contributed by atoms with Gasteiger partial charge >= 0.3 is 6.09 Å². The number of benzene rings is 1. The van der Waals surface area contributed by atoms with Gasteiger partial charge in [-0.1, -0.05) is 24.0 Å². The van der Waals surface area contributed by atoms with Gasteiger partial charge in [0.25, 0.3) is 0 Å². The Morgan fingerprint density at radius 3 is 2.74 bits per heavy atom. The number of hydrogen-bond donors (Lipinski definition) is 2. The van der Waals surface area contributed by atoms with Gasteiger partial charge in [0.05, 0.1) is 12.2 Å². The van der Waals surface area contributed by atoms with Gasteiger partial charge in [-0.05, 0) is 39.3 Å². The minimum absolute atomic E-state index is 0.224. The lowest BCUT2D eigenvalue weighted by atomic mass is 10.1. The molecule has 0 saturated heterocycles. The van der Waals surface area contributed by atoms with Crippen LogP contribution in [0.25, 0.3) is 0 Å². The molecule has 3 N–H and O–H groups in total. The second-order valence-electron chi connectivity index (χ2n) is 5.19. The third-order valence-electron chi connectivity index (χ3n) is 2.27. The molecule has 19 heavy (non-hydrogen) atoms. The predicted molar refractivity (Wildman–Crippen MR) is 76.7 cm³/mol. The summed E-state index contributed by atoms with van der Waals surface area (Å²) in [6.07, 6.45) is -0.473. The summed E-state index contributed by atoms with van der Waals surface area (Å²) in [5.74, 6) is 5.77. The maximum absolute atomic E-state index is 11.4. The molecule has 0 aliphatic rings. The molecule has 4 nitrogen and oxygen atoms in total. The van der Waals surface area contributed by atoms with Crippen molar-refractivity contribution in [2.24, 2.45) is 0 Å². The molecule has 0 spiro atoms. The van der Waals surface area contributed by atoms with Crippen LogP contribution in [0.2, 0.25) is 0 Å². The monoisotopic (exact) mass is 260 g/mol. The molecule has 0 unspecified atom stereocenters. The van der Waals surface area contributed by atoms with Gasteiger partial charge in [0.1, 0.15) is 5.60 Å². The molecule has 0 atom stereocenters. The van der Waals surface area contributed by atoms with E-state index in [1.165, 1.54) is 0 Å². The van der Waals surface area contributed by atoms with Crippen LogP contribution in [-0.4, -0.2) is 18.2 Å². The van der Waals surface area contributed by atoms with Crippen LogP contribution >= 0.6 is 0 Å².